The molecule has 2 aromatic rings. The molecular formula is C17H14O. The molecule has 0 unspecified atom stereocenters. The van der Waals surface area contributed by atoms with Gasteiger partial charge in [-0.25, -0.2) is 0 Å². The molecule has 0 saturated heterocycles. The lowest BCUT2D eigenvalue weighted by Gasteiger charge is -2.17. The van der Waals surface area contributed by atoms with Crippen LogP contribution in [-0.2, 0) is 11.2 Å². The monoisotopic (exact) mass is 234 g/mol. The molecule has 0 spiro atoms. The second-order valence-corrected chi connectivity index (χ2v) is 4.55. The van der Waals surface area contributed by atoms with E-state index in [9.17, 15) is 4.79 Å². The van der Waals surface area contributed by atoms with Crippen LogP contribution in [0.5, 0.6) is 0 Å². The highest BCUT2D eigenvalue weighted by molar-refractivity contribution is 6.26. The van der Waals surface area contributed by atoms with E-state index in [0.717, 1.165) is 23.1 Å². The summed E-state index contributed by atoms with van der Waals surface area (Å²) >= 11 is 0. The molecule has 0 aliphatic heterocycles. The molecule has 0 N–H and O–H groups in total. The van der Waals surface area contributed by atoms with Crippen molar-refractivity contribution >= 4 is 17.4 Å². The van der Waals surface area contributed by atoms with Crippen LogP contribution in [0.1, 0.15) is 23.1 Å². The Kier molecular flexibility index (Phi) is 2.81. The largest absolute Gasteiger partial charge is 0.294 e. The van der Waals surface area contributed by atoms with Crippen LogP contribution in [0.15, 0.2) is 54.6 Å². The van der Waals surface area contributed by atoms with E-state index in [1.807, 2.05) is 54.6 Å². The summed E-state index contributed by atoms with van der Waals surface area (Å²) in [6.07, 6.45) is 3.48. The number of carbonyl (C=O) groups is 1. The smallest absolute Gasteiger partial charge is 0.163 e. The summed E-state index contributed by atoms with van der Waals surface area (Å²) in [5, 5.41) is 0. The zero-order valence-electron chi connectivity index (χ0n) is 10.1. The molecule has 1 nitrogen and oxygen atoms in total. The first-order chi connectivity index (χ1) is 8.84. The molecule has 0 heterocycles. The van der Waals surface area contributed by atoms with E-state index in [4.69, 9.17) is 0 Å². The Morgan fingerprint density at radius 1 is 0.833 bits per heavy atom. The van der Waals surface area contributed by atoms with Gasteiger partial charge in [0, 0.05) is 12.0 Å². The summed E-state index contributed by atoms with van der Waals surface area (Å²) in [4.78, 5) is 12.1. The van der Waals surface area contributed by atoms with Crippen molar-refractivity contribution in [2.75, 3.05) is 0 Å². The Labute approximate surface area is 107 Å². The molecule has 0 amide bonds. The third-order valence-electron chi connectivity index (χ3n) is 3.34. The minimum absolute atomic E-state index is 0.248. The van der Waals surface area contributed by atoms with Crippen LogP contribution in [0.3, 0.4) is 0 Å². The summed E-state index contributed by atoms with van der Waals surface area (Å²) in [5.74, 6) is 0.248. The van der Waals surface area contributed by atoms with Crippen LogP contribution in [0.4, 0.5) is 0 Å². The van der Waals surface area contributed by atoms with Crippen molar-refractivity contribution in [1.82, 2.24) is 0 Å². The van der Waals surface area contributed by atoms with Gasteiger partial charge in [-0.05, 0) is 29.2 Å². The van der Waals surface area contributed by atoms with Gasteiger partial charge in [0.25, 0.3) is 0 Å². The van der Waals surface area contributed by atoms with Gasteiger partial charge in [-0.1, -0.05) is 54.6 Å². The van der Waals surface area contributed by atoms with Crippen molar-refractivity contribution in [1.29, 1.82) is 0 Å². The SMILES string of the molecule is O=C1CCc2ccccc2/C1=C\c1ccccc1. The van der Waals surface area contributed by atoms with E-state index < -0.39 is 0 Å². The van der Waals surface area contributed by atoms with Crippen molar-refractivity contribution in [3.63, 3.8) is 0 Å². The van der Waals surface area contributed by atoms with E-state index >= 15 is 0 Å². The number of Topliss-reactive ketones (excluding diaryl/α,β-unsaturated/α-hetero) is 1. The van der Waals surface area contributed by atoms with Crippen molar-refractivity contribution in [2.45, 2.75) is 12.8 Å². The molecule has 2 aromatic carbocycles. The van der Waals surface area contributed by atoms with Crippen LogP contribution < -0.4 is 0 Å². The van der Waals surface area contributed by atoms with Crippen LogP contribution >= 0.6 is 0 Å². The lowest BCUT2D eigenvalue weighted by molar-refractivity contribution is -0.113. The molecule has 18 heavy (non-hydrogen) atoms. The van der Waals surface area contributed by atoms with Gasteiger partial charge in [-0.15, -0.1) is 0 Å². The zero-order valence-corrected chi connectivity index (χ0v) is 10.1. The maximum Gasteiger partial charge on any atom is 0.163 e. The number of allylic oxidation sites excluding steroid dienone is 1. The molecule has 0 aromatic heterocycles. The minimum atomic E-state index is 0.248. The summed E-state index contributed by atoms with van der Waals surface area (Å²) in [7, 11) is 0. The molecule has 0 radical (unpaired) electrons. The maximum absolute atomic E-state index is 12.1. The van der Waals surface area contributed by atoms with Crippen molar-refractivity contribution in [3.05, 3.63) is 71.3 Å². The predicted octanol–water partition coefficient (Wildman–Crippen LogP) is 3.74. The summed E-state index contributed by atoms with van der Waals surface area (Å²) in [6.45, 7) is 0. The van der Waals surface area contributed by atoms with E-state index in [1.54, 1.807) is 0 Å². The van der Waals surface area contributed by atoms with Gasteiger partial charge in [0.15, 0.2) is 5.78 Å². The summed E-state index contributed by atoms with van der Waals surface area (Å²) in [6, 6.07) is 18.2. The standard InChI is InChI=1S/C17H14O/c18-17-11-10-14-8-4-5-9-15(14)16(17)12-13-6-2-1-3-7-13/h1-9,12H,10-11H2/b16-12+. The number of hydrogen-bond acceptors (Lipinski definition) is 1. The molecular weight excluding hydrogens is 220 g/mol. The topological polar surface area (TPSA) is 17.1 Å². The fraction of sp³-hybridized carbons (Fsp3) is 0.118. The molecule has 1 aliphatic rings. The van der Waals surface area contributed by atoms with Crippen molar-refractivity contribution in [3.8, 4) is 0 Å². The second kappa shape index (κ2) is 4.61. The van der Waals surface area contributed by atoms with E-state index in [1.165, 1.54) is 5.56 Å². The van der Waals surface area contributed by atoms with Crippen molar-refractivity contribution < 1.29 is 4.79 Å². The third-order valence-corrected chi connectivity index (χ3v) is 3.34. The first-order valence-electron chi connectivity index (χ1n) is 6.23. The van der Waals surface area contributed by atoms with Crippen LogP contribution in [0.2, 0.25) is 0 Å². The average molecular weight is 234 g/mol. The maximum atomic E-state index is 12.1. The Hall–Kier alpha value is -2.15. The van der Waals surface area contributed by atoms with Crippen LogP contribution in [0.25, 0.3) is 11.6 Å². The Morgan fingerprint density at radius 3 is 2.39 bits per heavy atom. The number of ketones is 1. The normalized spacial score (nSPS) is 16.7. The van der Waals surface area contributed by atoms with E-state index in [2.05, 4.69) is 6.07 Å². The Bertz CT molecular complexity index is 609. The third kappa shape index (κ3) is 2.00. The number of fused-ring (bicyclic) bond motifs is 1. The number of benzene rings is 2. The lowest BCUT2D eigenvalue weighted by Crippen LogP contribution is -2.12. The van der Waals surface area contributed by atoms with Gasteiger partial charge < -0.3 is 0 Å². The van der Waals surface area contributed by atoms with Gasteiger partial charge in [0.2, 0.25) is 0 Å². The fourth-order valence-electron chi connectivity index (χ4n) is 2.41. The minimum Gasteiger partial charge on any atom is -0.294 e. The Morgan fingerprint density at radius 2 is 1.56 bits per heavy atom. The van der Waals surface area contributed by atoms with E-state index in [0.29, 0.717) is 6.42 Å². The number of aryl methyl sites for hydroxylation is 1. The number of rotatable bonds is 1. The molecule has 1 heteroatoms. The van der Waals surface area contributed by atoms with Crippen molar-refractivity contribution in [2.24, 2.45) is 0 Å². The van der Waals surface area contributed by atoms with Crippen LogP contribution in [-0.4, -0.2) is 5.78 Å². The van der Waals surface area contributed by atoms with Gasteiger partial charge in [0.1, 0.15) is 0 Å². The lowest BCUT2D eigenvalue weighted by atomic mass is 9.85. The van der Waals surface area contributed by atoms with Crippen LogP contribution in [0, 0.1) is 0 Å². The van der Waals surface area contributed by atoms with Gasteiger partial charge in [-0.3, -0.25) is 4.79 Å². The predicted molar refractivity (Wildman–Crippen MR) is 74.1 cm³/mol. The average Bonchev–Trinajstić information content (AvgIpc) is 2.43. The molecule has 88 valence electrons. The first-order valence-corrected chi connectivity index (χ1v) is 6.23. The highest BCUT2D eigenvalue weighted by atomic mass is 16.1. The van der Waals surface area contributed by atoms with Gasteiger partial charge in [0.05, 0.1) is 0 Å². The number of hydrogen-bond donors (Lipinski definition) is 0. The zero-order chi connectivity index (χ0) is 12.4. The highest BCUT2D eigenvalue weighted by Gasteiger charge is 2.20. The molecule has 0 bridgehead atoms. The summed E-state index contributed by atoms with van der Waals surface area (Å²) < 4.78 is 0. The quantitative estimate of drug-likeness (QED) is 0.687. The fourth-order valence-corrected chi connectivity index (χ4v) is 2.41. The Balaban J connectivity index is 2.11. The summed E-state index contributed by atoms with van der Waals surface area (Å²) in [5.41, 5.74) is 4.30. The number of carbonyl (C=O) groups excluding carboxylic acids is 1. The first kappa shape index (κ1) is 11.0. The van der Waals surface area contributed by atoms with E-state index in [-0.39, 0.29) is 5.78 Å². The molecule has 0 saturated carbocycles. The highest BCUT2D eigenvalue weighted by Crippen LogP contribution is 2.29. The molecule has 1 aliphatic carbocycles. The van der Waals surface area contributed by atoms with Gasteiger partial charge in [-0.2, -0.15) is 0 Å². The van der Waals surface area contributed by atoms with Gasteiger partial charge >= 0.3 is 0 Å². The molecule has 0 atom stereocenters. The molecule has 3 rings (SSSR count). The molecule has 0 fully saturated rings. The second-order valence-electron chi connectivity index (χ2n) is 4.55.